The van der Waals surface area contributed by atoms with Gasteiger partial charge in [0, 0.05) is 6.42 Å². The number of amides is 1. The maximum atomic E-state index is 13.3. The maximum Gasteiger partial charge on any atom is 0.306 e. The molecule has 11 nitrogen and oxygen atoms in total. The van der Waals surface area contributed by atoms with Gasteiger partial charge in [0.05, 0.1) is 25.4 Å². The fraction of sp³-hybridized carbons (Fsp3) is 0.763. The van der Waals surface area contributed by atoms with Crippen molar-refractivity contribution in [3.05, 3.63) is 72.9 Å². The van der Waals surface area contributed by atoms with Crippen LogP contribution in [0.2, 0.25) is 0 Å². The van der Waals surface area contributed by atoms with Crippen molar-refractivity contribution in [1.29, 1.82) is 0 Å². The van der Waals surface area contributed by atoms with Crippen molar-refractivity contribution >= 4 is 11.9 Å². The van der Waals surface area contributed by atoms with Gasteiger partial charge in [-0.2, -0.15) is 0 Å². The molecule has 70 heavy (non-hydrogen) atoms. The summed E-state index contributed by atoms with van der Waals surface area (Å²) in [5.74, 6) is -1.27. The van der Waals surface area contributed by atoms with Gasteiger partial charge in [0.15, 0.2) is 12.4 Å². The van der Waals surface area contributed by atoms with Gasteiger partial charge in [-0.3, -0.25) is 9.59 Å². The van der Waals surface area contributed by atoms with Gasteiger partial charge in [-0.1, -0.05) is 254 Å². The van der Waals surface area contributed by atoms with Gasteiger partial charge in [-0.15, -0.1) is 0 Å². The van der Waals surface area contributed by atoms with Crippen molar-refractivity contribution in [3.8, 4) is 0 Å². The first-order chi connectivity index (χ1) is 34.2. The molecule has 0 aromatic carbocycles. The van der Waals surface area contributed by atoms with Crippen LogP contribution in [0.25, 0.3) is 0 Å². The number of allylic oxidation sites excluding steroid dienone is 11. The molecule has 1 aliphatic heterocycles. The first-order valence-corrected chi connectivity index (χ1v) is 28.3. The molecule has 0 aromatic heterocycles. The number of hydrogen-bond donors (Lipinski definition) is 6. The van der Waals surface area contributed by atoms with Crippen LogP contribution < -0.4 is 5.32 Å². The second-order valence-corrected chi connectivity index (χ2v) is 19.4. The molecule has 0 aromatic rings. The number of rotatable bonds is 46. The molecule has 0 bridgehead atoms. The molecule has 11 heteroatoms. The predicted octanol–water partition coefficient (Wildman–Crippen LogP) is 12.4. The third-order valence-electron chi connectivity index (χ3n) is 13.0. The maximum absolute atomic E-state index is 13.3. The molecule has 0 saturated carbocycles. The average molecular weight is 986 g/mol. The van der Waals surface area contributed by atoms with Crippen molar-refractivity contribution < 1.29 is 49.3 Å². The lowest BCUT2D eigenvalue weighted by Gasteiger charge is -2.41. The number of hydrogen-bond acceptors (Lipinski definition) is 10. The fourth-order valence-corrected chi connectivity index (χ4v) is 8.50. The first kappa shape index (κ1) is 65.1. The first-order valence-electron chi connectivity index (χ1n) is 28.3. The Morgan fingerprint density at radius 1 is 0.571 bits per heavy atom. The minimum absolute atomic E-state index is 0.116. The summed E-state index contributed by atoms with van der Waals surface area (Å²) in [6.07, 6.45) is 48.2. The number of esters is 1. The van der Waals surface area contributed by atoms with Crippen molar-refractivity contribution in [3.63, 3.8) is 0 Å². The van der Waals surface area contributed by atoms with Crippen molar-refractivity contribution in [2.75, 3.05) is 13.2 Å². The van der Waals surface area contributed by atoms with Crippen LogP contribution in [0.5, 0.6) is 0 Å². The number of aliphatic hydroxyl groups is 5. The average Bonchev–Trinajstić information content (AvgIpc) is 3.36. The summed E-state index contributed by atoms with van der Waals surface area (Å²) >= 11 is 0. The van der Waals surface area contributed by atoms with Gasteiger partial charge in [-0.05, 0) is 38.5 Å². The van der Waals surface area contributed by atoms with Gasteiger partial charge in [-0.25, -0.2) is 0 Å². The molecule has 1 aliphatic rings. The van der Waals surface area contributed by atoms with E-state index in [4.69, 9.17) is 14.2 Å². The van der Waals surface area contributed by atoms with E-state index in [1.54, 1.807) is 6.08 Å². The smallest absolute Gasteiger partial charge is 0.306 e. The van der Waals surface area contributed by atoms with Crippen molar-refractivity contribution in [2.45, 2.75) is 275 Å². The number of unbranched alkanes of at least 4 members (excludes halogenated alkanes) is 26. The van der Waals surface area contributed by atoms with E-state index in [-0.39, 0.29) is 19.4 Å². The standard InChI is InChI=1S/C59H103NO10/c1-4-7-10-13-16-19-22-25-26-27-28-29-32-35-38-41-44-47-54(64)70-57-56(66)55(65)53(48-61)69-59(57)68-49-50(51(62)45-42-39-36-33-30-23-20-17-14-11-8-5-2)60-58(67)52(63)46-43-40-37-34-31-24-21-18-15-12-9-6-3/h9,12,15,18,21,24,31,34,37,40,42,45,50-53,55-57,59,61-63,65-66H,4-8,10-11,13-14,16-17,19-20,22-23,25-30,32-33,35-36,38-39,41,43-44,46-49H2,1-3H3,(H,60,67)/b12-9+,18-15+,24-21-,34-31-,40-37+,45-42+. The van der Waals surface area contributed by atoms with E-state index in [1.165, 1.54) is 128 Å². The monoisotopic (exact) mass is 986 g/mol. The zero-order chi connectivity index (χ0) is 51.1. The quantitative estimate of drug-likeness (QED) is 0.0149. The molecule has 8 atom stereocenters. The van der Waals surface area contributed by atoms with Crippen molar-refractivity contribution in [1.82, 2.24) is 5.32 Å². The normalized spacial score (nSPS) is 20.3. The van der Waals surface area contributed by atoms with E-state index in [0.717, 1.165) is 51.4 Å². The number of aliphatic hydroxyl groups excluding tert-OH is 5. The van der Waals surface area contributed by atoms with Gasteiger partial charge in [0.25, 0.3) is 0 Å². The van der Waals surface area contributed by atoms with Crippen LogP contribution in [0.1, 0.15) is 226 Å². The summed E-state index contributed by atoms with van der Waals surface area (Å²) in [6, 6.07) is -1.06. The second-order valence-electron chi connectivity index (χ2n) is 19.4. The lowest BCUT2D eigenvalue weighted by Crippen LogP contribution is -2.61. The van der Waals surface area contributed by atoms with E-state index in [9.17, 15) is 35.1 Å². The van der Waals surface area contributed by atoms with Crippen LogP contribution in [-0.2, 0) is 23.8 Å². The van der Waals surface area contributed by atoms with Gasteiger partial charge >= 0.3 is 5.97 Å². The molecule has 0 aliphatic carbocycles. The summed E-state index contributed by atoms with van der Waals surface area (Å²) in [5, 5.41) is 56.6. The van der Waals surface area contributed by atoms with Crippen LogP contribution in [0.4, 0.5) is 0 Å². The number of nitrogens with one attached hydrogen (secondary N) is 1. The van der Waals surface area contributed by atoms with Gasteiger partial charge in [0.1, 0.15) is 24.4 Å². The van der Waals surface area contributed by atoms with Crippen LogP contribution in [0.3, 0.4) is 0 Å². The molecule has 1 fully saturated rings. The highest BCUT2D eigenvalue weighted by molar-refractivity contribution is 5.80. The molecular weight excluding hydrogens is 883 g/mol. The summed E-state index contributed by atoms with van der Waals surface area (Å²) in [7, 11) is 0. The predicted molar refractivity (Wildman–Crippen MR) is 287 cm³/mol. The van der Waals surface area contributed by atoms with E-state index >= 15 is 0 Å². The Bertz CT molecular complexity index is 1410. The molecule has 8 unspecified atom stereocenters. The highest BCUT2D eigenvalue weighted by Gasteiger charge is 2.47. The number of carbonyl (C=O) groups excluding carboxylic acids is 2. The minimum Gasteiger partial charge on any atom is -0.454 e. The highest BCUT2D eigenvalue weighted by atomic mass is 16.7. The molecule has 404 valence electrons. The van der Waals surface area contributed by atoms with E-state index in [1.807, 2.05) is 60.8 Å². The second kappa shape index (κ2) is 47.1. The third-order valence-corrected chi connectivity index (χ3v) is 13.0. The van der Waals surface area contributed by atoms with Crippen molar-refractivity contribution in [2.24, 2.45) is 0 Å². The summed E-state index contributed by atoms with van der Waals surface area (Å²) in [4.78, 5) is 26.4. The lowest BCUT2D eigenvalue weighted by atomic mass is 9.99. The van der Waals surface area contributed by atoms with E-state index in [2.05, 4.69) is 32.2 Å². The molecular formula is C59H103NO10. The van der Waals surface area contributed by atoms with Crippen LogP contribution >= 0.6 is 0 Å². The van der Waals surface area contributed by atoms with Gasteiger partial charge in [0.2, 0.25) is 5.91 Å². The SMILES string of the molecule is CC/C=C/C=C/C=C\C=C/C=C/CCC(O)C(=O)NC(COC1OC(CO)C(O)C(O)C1OC(=O)CCCCCCCCCCCCCCCCCCC)C(O)/C=C/CCCCCCCCCCCC. The van der Waals surface area contributed by atoms with Crippen LogP contribution in [0.15, 0.2) is 72.9 Å². The zero-order valence-electron chi connectivity index (χ0n) is 44.4. The number of carbonyl (C=O) groups is 2. The number of ether oxygens (including phenoxy) is 3. The summed E-state index contributed by atoms with van der Waals surface area (Å²) in [5.41, 5.74) is 0. The Morgan fingerprint density at radius 2 is 1.03 bits per heavy atom. The van der Waals surface area contributed by atoms with E-state index in [0.29, 0.717) is 12.8 Å². The minimum atomic E-state index is -1.63. The molecule has 0 radical (unpaired) electrons. The Morgan fingerprint density at radius 3 is 1.51 bits per heavy atom. The highest BCUT2D eigenvalue weighted by Crippen LogP contribution is 2.26. The Balaban J connectivity index is 2.76. The molecule has 1 rings (SSSR count). The largest absolute Gasteiger partial charge is 0.454 e. The Hall–Kier alpha value is -2.90. The summed E-state index contributed by atoms with van der Waals surface area (Å²) in [6.45, 7) is 5.58. The Kier molecular flexibility index (Phi) is 43.8. The molecule has 1 saturated heterocycles. The third kappa shape index (κ3) is 35.3. The fourth-order valence-electron chi connectivity index (χ4n) is 8.50. The molecule has 6 N–H and O–H groups in total. The Labute approximate surface area is 426 Å². The molecule has 1 heterocycles. The summed E-state index contributed by atoms with van der Waals surface area (Å²) < 4.78 is 17.5. The van der Waals surface area contributed by atoms with Crippen LogP contribution in [0, 0.1) is 0 Å². The molecule has 0 spiro atoms. The zero-order valence-corrected chi connectivity index (χ0v) is 44.4. The lowest BCUT2D eigenvalue weighted by molar-refractivity contribution is -0.305. The topological polar surface area (TPSA) is 175 Å². The van der Waals surface area contributed by atoms with Crippen LogP contribution in [-0.4, -0.2) is 99.6 Å². The van der Waals surface area contributed by atoms with E-state index < -0.39 is 67.4 Å². The molecule has 1 amide bonds. The van der Waals surface area contributed by atoms with Gasteiger partial charge < -0.3 is 45.1 Å².